The highest BCUT2D eigenvalue weighted by Gasteiger charge is 2.42. The third-order valence-corrected chi connectivity index (χ3v) is 4.29. The molecule has 0 unspecified atom stereocenters. The van der Waals surface area contributed by atoms with Crippen molar-refractivity contribution in [3.63, 3.8) is 0 Å². The van der Waals surface area contributed by atoms with E-state index in [4.69, 9.17) is 0 Å². The summed E-state index contributed by atoms with van der Waals surface area (Å²) in [6.45, 7) is 0. The minimum absolute atomic E-state index is 0.371. The molecule has 0 bridgehead atoms. The normalized spacial score (nSPS) is 18.4. The van der Waals surface area contributed by atoms with Crippen molar-refractivity contribution in [2.75, 3.05) is 0 Å². The second-order valence-corrected chi connectivity index (χ2v) is 5.54. The van der Waals surface area contributed by atoms with E-state index < -0.39 is 11.5 Å². The number of amides is 1. The minimum atomic E-state index is -1.12. The molecular formula is C13H13N3O3S. The summed E-state index contributed by atoms with van der Waals surface area (Å²) in [4.78, 5) is 23.7. The molecule has 2 aliphatic rings. The van der Waals surface area contributed by atoms with Crippen molar-refractivity contribution in [3.8, 4) is 0 Å². The molecule has 1 fully saturated rings. The van der Waals surface area contributed by atoms with Crippen molar-refractivity contribution in [1.29, 1.82) is 0 Å². The van der Waals surface area contributed by atoms with Gasteiger partial charge >= 0.3 is 5.97 Å². The van der Waals surface area contributed by atoms with Gasteiger partial charge in [-0.25, -0.2) is 4.79 Å². The lowest BCUT2D eigenvalue weighted by atomic mass is 9.97. The third kappa shape index (κ3) is 2.14. The summed E-state index contributed by atoms with van der Waals surface area (Å²) < 4.78 is 8.15. The maximum absolute atomic E-state index is 12.3. The van der Waals surface area contributed by atoms with E-state index in [2.05, 4.69) is 14.0 Å². The molecule has 20 heavy (non-hydrogen) atoms. The molecule has 0 spiro atoms. The van der Waals surface area contributed by atoms with Crippen LogP contribution < -0.4 is 5.32 Å². The number of hydrogen-bond donors (Lipinski definition) is 2. The van der Waals surface area contributed by atoms with Crippen molar-refractivity contribution in [1.82, 2.24) is 5.32 Å². The number of benzene rings is 1. The predicted octanol–water partition coefficient (Wildman–Crippen LogP) is 2.54. The van der Waals surface area contributed by atoms with E-state index >= 15 is 0 Å². The lowest BCUT2D eigenvalue weighted by molar-refractivity contribution is -0.144. The van der Waals surface area contributed by atoms with Crippen molar-refractivity contribution in [2.45, 2.75) is 31.2 Å². The maximum atomic E-state index is 12.3. The molecule has 104 valence electrons. The molecule has 1 aromatic rings. The Labute approximate surface area is 119 Å². The summed E-state index contributed by atoms with van der Waals surface area (Å²) in [5.74, 6) is -1.33. The molecule has 1 heterocycles. The molecule has 6 nitrogen and oxygen atoms in total. The van der Waals surface area contributed by atoms with E-state index in [1.807, 2.05) is 0 Å². The fraction of sp³-hybridized carbons (Fsp3) is 0.385. The van der Waals surface area contributed by atoms with Crippen LogP contribution in [0.3, 0.4) is 0 Å². The van der Waals surface area contributed by atoms with E-state index in [1.54, 1.807) is 18.2 Å². The van der Waals surface area contributed by atoms with Gasteiger partial charge in [0.25, 0.3) is 5.91 Å². The number of carbonyl (C=O) groups is 2. The molecule has 1 aliphatic heterocycles. The first kappa shape index (κ1) is 13.0. The van der Waals surface area contributed by atoms with Crippen LogP contribution in [0, 0.1) is 0 Å². The Hall–Kier alpha value is -2.02. The fourth-order valence-electron chi connectivity index (χ4n) is 2.58. The first-order chi connectivity index (χ1) is 9.61. The zero-order chi connectivity index (χ0) is 14.2. The average molecular weight is 291 g/mol. The third-order valence-electron chi connectivity index (χ3n) is 3.74. The van der Waals surface area contributed by atoms with Crippen molar-refractivity contribution in [2.24, 2.45) is 8.73 Å². The van der Waals surface area contributed by atoms with Crippen LogP contribution in [0.15, 0.2) is 26.9 Å². The van der Waals surface area contributed by atoms with Crippen LogP contribution in [-0.2, 0) is 16.1 Å². The summed E-state index contributed by atoms with van der Waals surface area (Å²) in [5, 5.41) is 12.0. The number of carboxylic acid groups (broad SMARTS) is 1. The summed E-state index contributed by atoms with van der Waals surface area (Å²) in [5.41, 5.74) is 0.684. The molecule has 1 saturated carbocycles. The molecule has 1 amide bonds. The van der Waals surface area contributed by atoms with Gasteiger partial charge in [-0.1, -0.05) is 12.8 Å². The predicted molar refractivity (Wildman–Crippen MR) is 74.3 cm³/mol. The molecule has 2 N–H and O–H groups in total. The van der Waals surface area contributed by atoms with Gasteiger partial charge in [-0.3, -0.25) is 4.79 Å². The van der Waals surface area contributed by atoms with E-state index in [0.717, 1.165) is 29.9 Å². The number of nitrogens with zero attached hydrogens (tertiary/aromatic N) is 2. The first-order valence-electron chi connectivity index (χ1n) is 6.39. The van der Waals surface area contributed by atoms with Gasteiger partial charge in [-0.05, 0) is 31.0 Å². The average Bonchev–Trinajstić information content (AvgIpc) is 3.06. The van der Waals surface area contributed by atoms with Crippen molar-refractivity contribution < 1.29 is 14.7 Å². The highest BCUT2D eigenvalue weighted by atomic mass is 32.1. The van der Waals surface area contributed by atoms with Crippen molar-refractivity contribution in [3.05, 3.63) is 23.8 Å². The zero-order valence-corrected chi connectivity index (χ0v) is 11.4. The highest BCUT2D eigenvalue weighted by molar-refractivity contribution is 7.58. The van der Waals surface area contributed by atoms with Gasteiger partial charge in [0, 0.05) is 5.56 Å². The zero-order valence-electron chi connectivity index (χ0n) is 10.6. The number of aliphatic carboxylic acids is 1. The van der Waals surface area contributed by atoms with Crippen LogP contribution in [0.5, 0.6) is 0 Å². The molecule has 0 radical (unpaired) electrons. The summed E-state index contributed by atoms with van der Waals surface area (Å²) in [6, 6.07) is 5.00. The number of hydrogen-bond acceptors (Lipinski definition) is 4. The second kappa shape index (κ2) is 4.82. The SMILES string of the molecule is O=C(NC1(C(=O)O)CCCC1)c1ccc2c(c1)N=S=N2. The summed E-state index contributed by atoms with van der Waals surface area (Å²) in [6.07, 6.45) is 2.60. The smallest absolute Gasteiger partial charge is 0.329 e. The number of carbonyl (C=O) groups excluding carboxylic acids is 1. The molecule has 7 heteroatoms. The van der Waals surface area contributed by atoms with Gasteiger partial charge in [0.1, 0.15) is 16.9 Å². The van der Waals surface area contributed by atoms with Gasteiger partial charge in [-0.2, -0.15) is 8.73 Å². The van der Waals surface area contributed by atoms with Gasteiger partial charge in [0.2, 0.25) is 0 Å². The van der Waals surface area contributed by atoms with Crippen molar-refractivity contribution >= 4 is 34.6 Å². The first-order valence-corrected chi connectivity index (χ1v) is 7.12. The van der Waals surface area contributed by atoms with Crippen LogP contribution in [0.25, 0.3) is 0 Å². The summed E-state index contributed by atoms with van der Waals surface area (Å²) in [7, 11) is 0. The van der Waals surface area contributed by atoms with Gasteiger partial charge in [-0.15, -0.1) is 0 Å². The Bertz CT molecular complexity index is 659. The maximum Gasteiger partial charge on any atom is 0.329 e. The Morgan fingerprint density at radius 1 is 1.20 bits per heavy atom. The number of nitrogens with one attached hydrogen (secondary N) is 1. The largest absolute Gasteiger partial charge is 0.480 e. The molecule has 1 aromatic carbocycles. The Morgan fingerprint density at radius 3 is 2.60 bits per heavy atom. The molecule has 0 atom stereocenters. The van der Waals surface area contributed by atoms with Crippen LogP contribution in [0.2, 0.25) is 0 Å². The minimum Gasteiger partial charge on any atom is -0.480 e. The molecule has 1 aliphatic carbocycles. The Morgan fingerprint density at radius 2 is 1.90 bits per heavy atom. The van der Waals surface area contributed by atoms with Gasteiger partial charge in [0.05, 0.1) is 11.4 Å². The second-order valence-electron chi connectivity index (χ2n) is 5.02. The quantitative estimate of drug-likeness (QED) is 0.910. The lowest BCUT2D eigenvalue weighted by Gasteiger charge is -2.25. The van der Waals surface area contributed by atoms with Gasteiger partial charge < -0.3 is 10.4 Å². The number of carboxylic acids is 1. The fourth-order valence-corrected chi connectivity index (χ4v) is 3.10. The molecule has 0 aromatic heterocycles. The Kier molecular flexibility index (Phi) is 3.13. The highest BCUT2D eigenvalue weighted by Crippen LogP contribution is 2.33. The number of rotatable bonds is 3. The van der Waals surface area contributed by atoms with Crippen LogP contribution in [0.1, 0.15) is 36.0 Å². The molecular weight excluding hydrogens is 278 g/mol. The van der Waals surface area contributed by atoms with E-state index in [0.29, 0.717) is 24.1 Å². The topological polar surface area (TPSA) is 91.1 Å². The van der Waals surface area contributed by atoms with Crippen LogP contribution in [0.4, 0.5) is 11.4 Å². The van der Waals surface area contributed by atoms with E-state index in [1.165, 1.54) is 0 Å². The number of fused-ring (bicyclic) bond motifs is 1. The standard InChI is InChI=1S/C13H13N3O3S/c17-11(14-13(12(18)19)5-1-2-6-13)8-3-4-9-10(7-8)16-20-15-9/h3-4,7H,1-2,5-6H2,(H,14,17)(H,18,19). The van der Waals surface area contributed by atoms with Gasteiger partial charge in [0.15, 0.2) is 0 Å². The molecule has 0 saturated heterocycles. The Balaban J connectivity index is 1.83. The van der Waals surface area contributed by atoms with Crippen LogP contribution in [-0.4, -0.2) is 22.5 Å². The van der Waals surface area contributed by atoms with E-state index in [-0.39, 0.29) is 5.91 Å². The van der Waals surface area contributed by atoms with E-state index in [9.17, 15) is 14.7 Å². The summed E-state index contributed by atoms with van der Waals surface area (Å²) >= 11 is 1.08. The van der Waals surface area contributed by atoms with Crippen LogP contribution >= 0.6 is 0 Å². The monoisotopic (exact) mass is 291 g/mol. The molecule has 3 rings (SSSR count). The lowest BCUT2D eigenvalue weighted by Crippen LogP contribution is -2.52.